The van der Waals surface area contributed by atoms with E-state index in [-0.39, 0.29) is 43.4 Å². The van der Waals surface area contributed by atoms with Crippen molar-refractivity contribution >= 4 is 46.7 Å². The van der Waals surface area contributed by atoms with E-state index in [1.54, 1.807) is 0 Å². The van der Waals surface area contributed by atoms with Gasteiger partial charge in [-0.25, -0.2) is 0 Å². The lowest BCUT2D eigenvalue weighted by atomic mass is 9.95. The number of carboxylic acid groups (broad SMARTS) is 1. The van der Waals surface area contributed by atoms with Crippen LogP contribution >= 0.6 is 40.7 Å². The lowest BCUT2D eigenvalue weighted by Gasteiger charge is -2.43. The van der Waals surface area contributed by atoms with E-state index in [1.165, 1.54) is 11.1 Å². The van der Waals surface area contributed by atoms with E-state index in [4.69, 9.17) is 5.11 Å². The third kappa shape index (κ3) is 6.19. The normalized spacial score (nSPS) is 18.8. The molecule has 0 bridgehead atoms. The van der Waals surface area contributed by atoms with Gasteiger partial charge in [0.05, 0.1) is 12.6 Å². The zero-order valence-corrected chi connectivity index (χ0v) is 18.3. The van der Waals surface area contributed by atoms with Crippen molar-refractivity contribution in [3.63, 3.8) is 0 Å². The summed E-state index contributed by atoms with van der Waals surface area (Å²) in [7, 11) is 0. The van der Waals surface area contributed by atoms with Crippen molar-refractivity contribution < 1.29 is 9.90 Å². The molecule has 0 amide bonds. The molecule has 3 rings (SSSR count). The van der Waals surface area contributed by atoms with Crippen LogP contribution in [0.5, 0.6) is 0 Å². The van der Waals surface area contributed by atoms with E-state index in [0.29, 0.717) is 0 Å². The van der Waals surface area contributed by atoms with Gasteiger partial charge in [0, 0.05) is 30.1 Å². The summed E-state index contributed by atoms with van der Waals surface area (Å²) in [5.41, 5.74) is 2.52. The second-order valence-corrected chi connectivity index (χ2v) is 7.49. The average molecular weight is 476 g/mol. The van der Waals surface area contributed by atoms with Crippen molar-refractivity contribution in [1.82, 2.24) is 9.80 Å². The van der Waals surface area contributed by atoms with Crippen LogP contribution in [-0.2, 0) is 4.79 Å². The molecule has 4 nitrogen and oxygen atoms in total. The van der Waals surface area contributed by atoms with Crippen molar-refractivity contribution in [2.45, 2.75) is 19.0 Å². The van der Waals surface area contributed by atoms with Gasteiger partial charge in [-0.05, 0) is 30.2 Å². The van der Waals surface area contributed by atoms with Crippen molar-refractivity contribution in [2.75, 3.05) is 26.2 Å². The molecule has 0 saturated carbocycles. The molecule has 2 aromatic carbocycles. The third-order valence-corrected chi connectivity index (χ3v) is 5.33. The van der Waals surface area contributed by atoms with Gasteiger partial charge < -0.3 is 5.11 Å². The molecule has 0 aromatic heterocycles. The Morgan fingerprint density at radius 1 is 1.07 bits per heavy atom. The highest BCUT2D eigenvalue weighted by atomic mass is 79.9. The second-order valence-electron chi connectivity index (χ2n) is 6.57. The maximum Gasteiger partial charge on any atom is 0.317 e. The predicted octanol–water partition coefficient (Wildman–Crippen LogP) is 4.47. The van der Waals surface area contributed by atoms with Gasteiger partial charge in [-0.15, -0.1) is 24.8 Å². The fourth-order valence-electron chi connectivity index (χ4n) is 3.56. The van der Waals surface area contributed by atoms with Crippen LogP contribution in [0.25, 0.3) is 0 Å². The smallest absolute Gasteiger partial charge is 0.317 e. The molecule has 0 radical (unpaired) electrons. The Bertz CT molecular complexity index is 716. The summed E-state index contributed by atoms with van der Waals surface area (Å²) >= 11 is 3.51. The van der Waals surface area contributed by atoms with Gasteiger partial charge in [0.15, 0.2) is 0 Å². The van der Waals surface area contributed by atoms with E-state index >= 15 is 0 Å². The predicted molar refractivity (Wildman–Crippen MR) is 117 cm³/mol. The fraction of sp³-hybridized carbons (Fsp3) is 0.350. The number of aliphatic carboxylic acids is 1. The summed E-state index contributed by atoms with van der Waals surface area (Å²) in [6.07, 6.45) is 0. The molecule has 2 atom stereocenters. The van der Waals surface area contributed by atoms with E-state index < -0.39 is 5.97 Å². The van der Waals surface area contributed by atoms with Gasteiger partial charge in [0.2, 0.25) is 0 Å². The highest BCUT2D eigenvalue weighted by Gasteiger charge is 2.30. The highest BCUT2D eigenvalue weighted by Crippen LogP contribution is 2.31. The van der Waals surface area contributed by atoms with E-state index in [0.717, 1.165) is 24.1 Å². The Morgan fingerprint density at radius 3 is 2.22 bits per heavy atom. The number of hydrogen-bond acceptors (Lipinski definition) is 3. The molecule has 2 aromatic rings. The molecular weight excluding hydrogens is 451 g/mol. The van der Waals surface area contributed by atoms with Gasteiger partial charge in [0.1, 0.15) is 0 Å². The van der Waals surface area contributed by atoms with Crippen LogP contribution in [0, 0.1) is 0 Å². The van der Waals surface area contributed by atoms with Crippen molar-refractivity contribution in [1.29, 1.82) is 0 Å². The van der Waals surface area contributed by atoms with Crippen LogP contribution in [0.4, 0.5) is 0 Å². The molecule has 1 fully saturated rings. The van der Waals surface area contributed by atoms with Crippen LogP contribution in [0.15, 0.2) is 59.1 Å². The molecule has 1 N–H and O–H groups in total. The first-order chi connectivity index (χ1) is 12.0. The Morgan fingerprint density at radius 2 is 1.67 bits per heavy atom. The van der Waals surface area contributed by atoms with Crippen LogP contribution in [-0.4, -0.2) is 53.1 Å². The maximum absolute atomic E-state index is 11.0. The standard InChI is InChI=1S/C20H23BrN2O2.2ClH/c1-15-13-23(12-11-22(15)14-19(24)25)20(16-5-3-2-4-6-16)17-7-9-18(21)10-8-17;;/h2-10,15,20H,11-14H2,1H3,(H,24,25);2*1H/t15-,20?;;/m1../s1. The van der Waals surface area contributed by atoms with Gasteiger partial charge in [-0.2, -0.15) is 0 Å². The first-order valence-electron chi connectivity index (χ1n) is 8.55. The van der Waals surface area contributed by atoms with Gasteiger partial charge in [0.25, 0.3) is 0 Å². The summed E-state index contributed by atoms with van der Waals surface area (Å²) in [4.78, 5) is 15.5. The Kier molecular flexibility index (Phi) is 9.77. The summed E-state index contributed by atoms with van der Waals surface area (Å²) in [5.74, 6) is -0.757. The molecule has 1 aliphatic heterocycles. The number of carbonyl (C=O) groups is 1. The number of hydrogen-bond donors (Lipinski definition) is 1. The number of benzene rings is 2. The topological polar surface area (TPSA) is 43.8 Å². The molecule has 1 aliphatic rings. The first kappa shape index (κ1) is 23.9. The minimum absolute atomic E-state index is 0. The van der Waals surface area contributed by atoms with Crippen molar-refractivity contribution in [3.05, 3.63) is 70.2 Å². The Labute approximate surface area is 181 Å². The van der Waals surface area contributed by atoms with Gasteiger partial charge >= 0.3 is 5.97 Å². The van der Waals surface area contributed by atoms with Crippen LogP contribution in [0.3, 0.4) is 0 Å². The van der Waals surface area contributed by atoms with Crippen LogP contribution in [0.1, 0.15) is 24.1 Å². The molecule has 0 spiro atoms. The number of piperazine rings is 1. The van der Waals surface area contributed by atoms with Crippen LogP contribution < -0.4 is 0 Å². The lowest BCUT2D eigenvalue weighted by molar-refractivity contribution is -0.139. The summed E-state index contributed by atoms with van der Waals surface area (Å²) < 4.78 is 1.07. The average Bonchev–Trinajstić information content (AvgIpc) is 2.60. The molecule has 7 heteroatoms. The number of halogens is 3. The summed E-state index contributed by atoms with van der Waals surface area (Å²) in [6.45, 7) is 4.70. The van der Waals surface area contributed by atoms with Gasteiger partial charge in [-0.1, -0.05) is 58.4 Å². The SMILES string of the molecule is C[C@@H]1CN(C(c2ccccc2)c2ccc(Br)cc2)CCN1CC(=O)O.Cl.Cl. The van der Waals surface area contributed by atoms with E-state index in [1.807, 2.05) is 11.0 Å². The fourth-order valence-corrected chi connectivity index (χ4v) is 3.83. The maximum atomic E-state index is 11.0. The molecular formula is C20H25BrCl2N2O2. The number of nitrogens with zero attached hydrogens (tertiary/aromatic N) is 2. The quantitative estimate of drug-likeness (QED) is 0.692. The minimum atomic E-state index is -0.757. The monoisotopic (exact) mass is 474 g/mol. The second kappa shape index (κ2) is 11.0. The van der Waals surface area contributed by atoms with Gasteiger partial charge in [-0.3, -0.25) is 14.6 Å². The molecule has 148 valence electrons. The molecule has 0 aliphatic carbocycles. The molecule has 1 unspecified atom stereocenters. The summed E-state index contributed by atoms with van der Waals surface area (Å²) in [5, 5.41) is 9.08. The minimum Gasteiger partial charge on any atom is -0.480 e. The number of carboxylic acids is 1. The molecule has 1 heterocycles. The largest absolute Gasteiger partial charge is 0.480 e. The van der Waals surface area contributed by atoms with Crippen molar-refractivity contribution in [2.24, 2.45) is 0 Å². The first-order valence-corrected chi connectivity index (χ1v) is 9.34. The van der Waals surface area contributed by atoms with E-state index in [2.05, 4.69) is 76.3 Å². The van der Waals surface area contributed by atoms with Crippen molar-refractivity contribution in [3.8, 4) is 0 Å². The number of rotatable bonds is 5. The van der Waals surface area contributed by atoms with Crippen LogP contribution in [0.2, 0.25) is 0 Å². The highest BCUT2D eigenvalue weighted by molar-refractivity contribution is 9.10. The molecule has 27 heavy (non-hydrogen) atoms. The summed E-state index contributed by atoms with van der Waals surface area (Å²) in [6, 6.07) is 19.4. The molecule has 1 saturated heterocycles. The Balaban J connectivity index is 0.00000182. The zero-order valence-electron chi connectivity index (χ0n) is 15.1. The third-order valence-electron chi connectivity index (χ3n) is 4.80. The Hall–Kier alpha value is -1.11. The zero-order chi connectivity index (χ0) is 17.8. The van der Waals surface area contributed by atoms with E-state index in [9.17, 15) is 4.79 Å². The lowest BCUT2D eigenvalue weighted by Crippen LogP contribution is -2.54.